The molecule has 25 heavy (non-hydrogen) atoms. The van der Waals surface area contributed by atoms with Crippen LogP contribution in [0.5, 0.6) is 0 Å². The number of halogens is 2. The summed E-state index contributed by atoms with van der Waals surface area (Å²) in [5.74, 6) is -1.28. The van der Waals surface area contributed by atoms with Gasteiger partial charge in [-0.05, 0) is 31.5 Å². The van der Waals surface area contributed by atoms with Crippen LogP contribution in [0, 0.1) is 11.6 Å². The second-order valence-electron chi connectivity index (χ2n) is 5.89. The molecule has 0 saturated carbocycles. The first-order valence-electron chi connectivity index (χ1n) is 7.94. The van der Waals surface area contributed by atoms with Crippen molar-refractivity contribution in [2.75, 3.05) is 5.73 Å². The maximum Gasteiger partial charge on any atom is 0.250 e. The van der Waals surface area contributed by atoms with Crippen LogP contribution in [-0.2, 0) is 0 Å². The van der Waals surface area contributed by atoms with E-state index in [9.17, 15) is 13.6 Å². The van der Waals surface area contributed by atoms with Crippen LogP contribution in [0.1, 0.15) is 26.3 Å². The van der Waals surface area contributed by atoms with Gasteiger partial charge in [-0.1, -0.05) is 6.92 Å². The van der Waals surface area contributed by atoms with Crippen molar-refractivity contribution in [2.24, 2.45) is 0 Å². The number of nitrogens with one attached hydrogen (secondary N) is 1. The molecular weight excluding hydrogens is 326 g/mol. The Morgan fingerprint density at radius 3 is 2.72 bits per heavy atom. The zero-order chi connectivity index (χ0) is 18.1. The molecule has 0 aliphatic heterocycles. The molecule has 1 aromatic carbocycles. The highest BCUT2D eigenvalue weighted by Gasteiger charge is 2.18. The molecule has 1 atom stereocenters. The van der Waals surface area contributed by atoms with Gasteiger partial charge in [-0.2, -0.15) is 0 Å². The maximum absolute atomic E-state index is 14.2. The number of nitrogens with two attached hydrogens (primary N) is 1. The molecule has 0 aliphatic carbocycles. The molecule has 0 amide bonds. The highest BCUT2D eigenvalue weighted by molar-refractivity contribution is 5.79. The largest absolute Gasteiger partial charge is 0.369 e. The molecule has 1 unspecified atom stereocenters. The summed E-state index contributed by atoms with van der Waals surface area (Å²) in [6.45, 7) is 3.92. The molecule has 130 valence electrons. The van der Waals surface area contributed by atoms with Gasteiger partial charge in [0.25, 0.3) is 5.56 Å². The Bertz CT molecular complexity index is 977. The molecule has 0 saturated heterocycles. The number of hydrogen-bond acceptors (Lipinski definition) is 3. The Labute approximate surface area is 143 Å². The van der Waals surface area contributed by atoms with Crippen LogP contribution < -0.4 is 11.3 Å². The molecule has 3 aromatic rings. The van der Waals surface area contributed by atoms with Crippen LogP contribution in [0.3, 0.4) is 0 Å². The van der Waals surface area contributed by atoms with Gasteiger partial charge in [0.2, 0.25) is 0 Å². The Balaban J connectivity index is 2.18. The molecule has 3 rings (SSSR count). The SMILES string of the molecule is CCC(C)n1cc(-c2nc(N)[nH]c2-c2ccc(F)cc2F)ccc1=O. The van der Waals surface area contributed by atoms with Gasteiger partial charge < -0.3 is 15.3 Å². The molecule has 2 aromatic heterocycles. The van der Waals surface area contributed by atoms with Crippen molar-refractivity contribution < 1.29 is 8.78 Å². The zero-order valence-corrected chi connectivity index (χ0v) is 13.9. The van der Waals surface area contributed by atoms with E-state index < -0.39 is 11.6 Å². The second kappa shape index (κ2) is 6.51. The molecule has 2 heterocycles. The van der Waals surface area contributed by atoms with Gasteiger partial charge in [0, 0.05) is 35.5 Å². The van der Waals surface area contributed by atoms with E-state index in [1.165, 1.54) is 18.2 Å². The van der Waals surface area contributed by atoms with E-state index in [0.29, 0.717) is 17.0 Å². The van der Waals surface area contributed by atoms with Gasteiger partial charge in [-0.15, -0.1) is 0 Å². The number of aromatic amines is 1. The third kappa shape index (κ3) is 3.17. The Morgan fingerprint density at radius 2 is 2.04 bits per heavy atom. The standard InChI is InChI=1S/C18H18F2N4O/c1-3-10(2)24-9-11(4-7-15(24)25)16-17(23-18(21)22-16)13-6-5-12(19)8-14(13)20/h4-10H,3H2,1-2H3,(H3,21,22,23). The van der Waals surface area contributed by atoms with E-state index in [0.717, 1.165) is 12.5 Å². The molecule has 0 bridgehead atoms. The lowest BCUT2D eigenvalue weighted by Gasteiger charge is -2.14. The average Bonchev–Trinajstić information content (AvgIpc) is 2.96. The molecule has 7 heteroatoms. The predicted molar refractivity (Wildman–Crippen MR) is 93.1 cm³/mol. The minimum Gasteiger partial charge on any atom is -0.369 e. The molecular formula is C18H18F2N4O. The lowest BCUT2D eigenvalue weighted by atomic mass is 10.1. The number of aromatic nitrogens is 3. The quantitative estimate of drug-likeness (QED) is 0.757. The number of hydrogen-bond donors (Lipinski definition) is 2. The number of benzene rings is 1. The third-order valence-electron chi connectivity index (χ3n) is 4.20. The van der Waals surface area contributed by atoms with Crippen molar-refractivity contribution in [1.82, 2.24) is 14.5 Å². The van der Waals surface area contributed by atoms with E-state index in [-0.39, 0.29) is 23.1 Å². The third-order valence-corrected chi connectivity index (χ3v) is 4.20. The number of nitrogen functional groups attached to an aromatic ring is 1. The van der Waals surface area contributed by atoms with Crippen LogP contribution in [0.25, 0.3) is 22.5 Å². The first kappa shape index (κ1) is 16.9. The lowest BCUT2D eigenvalue weighted by Crippen LogP contribution is -2.21. The predicted octanol–water partition coefficient (Wildman–Crippen LogP) is 3.74. The van der Waals surface area contributed by atoms with E-state index in [4.69, 9.17) is 5.73 Å². The highest BCUT2D eigenvalue weighted by atomic mass is 19.1. The summed E-state index contributed by atoms with van der Waals surface area (Å²) >= 11 is 0. The minimum atomic E-state index is -0.722. The summed E-state index contributed by atoms with van der Waals surface area (Å²) in [7, 11) is 0. The lowest BCUT2D eigenvalue weighted by molar-refractivity contribution is 0.515. The molecule has 5 nitrogen and oxygen atoms in total. The van der Waals surface area contributed by atoms with E-state index >= 15 is 0 Å². The number of rotatable bonds is 4. The minimum absolute atomic E-state index is 0.00902. The first-order chi connectivity index (χ1) is 11.9. The zero-order valence-electron chi connectivity index (χ0n) is 13.9. The van der Waals surface area contributed by atoms with Gasteiger partial charge in [0.05, 0.1) is 11.4 Å². The number of pyridine rings is 1. The van der Waals surface area contributed by atoms with Crippen molar-refractivity contribution in [1.29, 1.82) is 0 Å². The fourth-order valence-corrected chi connectivity index (χ4v) is 2.67. The van der Waals surface area contributed by atoms with Crippen LogP contribution in [0.15, 0.2) is 41.3 Å². The summed E-state index contributed by atoms with van der Waals surface area (Å²) in [6.07, 6.45) is 2.46. The molecule has 3 N–H and O–H groups in total. The van der Waals surface area contributed by atoms with Crippen molar-refractivity contribution in [2.45, 2.75) is 26.3 Å². The summed E-state index contributed by atoms with van der Waals surface area (Å²) in [5, 5.41) is 0. The Hall–Kier alpha value is -2.96. The summed E-state index contributed by atoms with van der Waals surface area (Å²) in [6, 6.07) is 6.36. The van der Waals surface area contributed by atoms with Crippen molar-refractivity contribution >= 4 is 5.95 Å². The maximum atomic E-state index is 14.2. The van der Waals surface area contributed by atoms with E-state index in [2.05, 4.69) is 9.97 Å². The van der Waals surface area contributed by atoms with E-state index in [1.54, 1.807) is 16.8 Å². The van der Waals surface area contributed by atoms with Crippen molar-refractivity contribution in [3.8, 4) is 22.5 Å². The van der Waals surface area contributed by atoms with E-state index in [1.807, 2.05) is 13.8 Å². The van der Waals surface area contributed by atoms with Gasteiger partial charge >= 0.3 is 0 Å². The van der Waals surface area contributed by atoms with Crippen LogP contribution in [0.4, 0.5) is 14.7 Å². The van der Waals surface area contributed by atoms with Crippen LogP contribution in [-0.4, -0.2) is 14.5 Å². The molecule has 0 fully saturated rings. The van der Waals surface area contributed by atoms with Crippen molar-refractivity contribution in [3.63, 3.8) is 0 Å². The molecule has 0 aliphatic rings. The van der Waals surface area contributed by atoms with Gasteiger partial charge in [-0.25, -0.2) is 13.8 Å². The fraction of sp³-hybridized carbons (Fsp3) is 0.222. The van der Waals surface area contributed by atoms with Gasteiger partial charge in [-0.3, -0.25) is 4.79 Å². The average molecular weight is 344 g/mol. The molecule has 0 radical (unpaired) electrons. The Morgan fingerprint density at radius 1 is 1.28 bits per heavy atom. The summed E-state index contributed by atoms with van der Waals surface area (Å²) in [4.78, 5) is 19.1. The highest BCUT2D eigenvalue weighted by Crippen LogP contribution is 2.32. The van der Waals surface area contributed by atoms with Crippen molar-refractivity contribution in [3.05, 3.63) is 58.5 Å². The van der Waals surface area contributed by atoms with Gasteiger partial charge in [0.1, 0.15) is 11.6 Å². The normalized spacial score (nSPS) is 12.3. The first-order valence-corrected chi connectivity index (χ1v) is 7.94. The number of nitrogens with zero attached hydrogens (tertiary/aromatic N) is 2. The second-order valence-corrected chi connectivity index (χ2v) is 5.89. The molecule has 0 spiro atoms. The summed E-state index contributed by atoms with van der Waals surface area (Å²) < 4.78 is 29.0. The monoisotopic (exact) mass is 344 g/mol. The number of imidazole rings is 1. The topological polar surface area (TPSA) is 76.7 Å². The fourth-order valence-electron chi connectivity index (χ4n) is 2.67. The van der Waals surface area contributed by atoms with Crippen LogP contribution >= 0.6 is 0 Å². The smallest absolute Gasteiger partial charge is 0.250 e. The Kier molecular flexibility index (Phi) is 4.39. The van der Waals surface area contributed by atoms with Crippen LogP contribution in [0.2, 0.25) is 0 Å². The number of H-pyrrole nitrogens is 1. The summed E-state index contributed by atoms with van der Waals surface area (Å²) in [5.41, 5.74) is 7.14. The number of anilines is 1. The van der Waals surface area contributed by atoms with Gasteiger partial charge in [0.15, 0.2) is 5.95 Å².